The van der Waals surface area contributed by atoms with E-state index in [-0.39, 0.29) is 18.2 Å². The van der Waals surface area contributed by atoms with Gasteiger partial charge in [0.25, 0.3) is 0 Å². The van der Waals surface area contributed by atoms with E-state index in [4.69, 9.17) is 0 Å². The summed E-state index contributed by atoms with van der Waals surface area (Å²) >= 11 is 0. The first kappa shape index (κ1) is 16.7. The van der Waals surface area contributed by atoms with Gasteiger partial charge < -0.3 is 15.4 Å². The van der Waals surface area contributed by atoms with Gasteiger partial charge in [0.2, 0.25) is 5.91 Å². The summed E-state index contributed by atoms with van der Waals surface area (Å²) in [6.45, 7) is 1.23. The van der Waals surface area contributed by atoms with Gasteiger partial charge in [0.05, 0.1) is 6.54 Å². The van der Waals surface area contributed by atoms with Crippen LogP contribution in [0.25, 0.3) is 0 Å². The number of nitrogens with one attached hydrogen (secondary N) is 2. The Kier molecular flexibility index (Phi) is 5.51. The Morgan fingerprint density at radius 1 is 1.13 bits per heavy atom. The molecule has 0 spiro atoms. The van der Waals surface area contributed by atoms with Crippen molar-refractivity contribution in [3.05, 3.63) is 53.6 Å². The molecule has 4 nitrogen and oxygen atoms in total. The predicted octanol–water partition coefficient (Wildman–Crippen LogP) is 3.96. The lowest BCUT2D eigenvalue weighted by molar-refractivity contribution is -0.114. The van der Waals surface area contributed by atoms with Crippen LogP contribution in [0.15, 0.2) is 42.5 Å². The fourth-order valence-electron chi connectivity index (χ4n) is 2.04. The topological polar surface area (TPSA) is 50.4 Å². The molecule has 0 aromatic heterocycles. The summed E-state index contributed by atoms with van der Waals surface area (Å²) in [5.74, 6) is -0.181. The van der Waals surface area contributed by atoms with Crippen molar-refractivity contribution in [3.8, 4) is 5.75 Å². The Morgan fingerprint density at radius 3 is 2.48 bits per heavy atom. The van der Waals surface area contributed by atoms with Gasteiger partial charge in [0.1, 0.15) is 5.75 Å². The third-order valence-electron chi connectivity index (χ3n) is 3.41. The maximum absolute atomic E-state index is 12.1. The second kappa shape index (κ2) is 7.58. The summed E-state index contributed by atoms with van der Waals surface area (Å²) in [6.07, 6.45) is 0. The number of rotatable bonds is 6. The number of anilines is 2. The molecule has 2 aromatic rings. The van der Waals surface area contributed by atoms with Crippen molar-refractivity contribution < 1.29 is 18.3 Å². The highest BCUT2D eigenvalue weighted by Crippen LogP contribution is 2.19. The molecule has 0 saturated carbocycles. The molecular weight excluding hydrogens is 302 g/mol. The van der Waals surface area contributed by atoms with E-state index in [9.17, 15) is 13.6 Å². The summed E-state index contributed by atoms with van der Waals surface area (Å²) < 4.78 is 28.4. The summed E-state index contributed by atoms with van der Waals surface area (Å²) in [4.78, 5) is 11.9. The highest BCUT2D eigenvalue weighted by Gasteiger charge is 2.06. The molecule has 1 amide bonds. The second-order valence-corrected chi connectivity index (χ2v) is 5.05. The monoisotopic (exact) mass is 320 g/mol. The average Bonchev–Trinajstić information content (AvgIpc) is 2.50. The smallest absolute Gasteiger partial charge is 0.387 e. The lowest BCUT2D eigenvalue weighted by Gasteiger charge is -2.12. The second-order valence-electron chi connectivity index (χ2n) is 5.05. The average molecular weight is 320 g/mol. The van der Waals surface area contributed by atoms with Gasteiger partial charge in [-0.2, -0.15) is 8.78 Å². The van der Waals surface area contributed by atoms with Crippen LogP contribution in [0.2, 0.25) is 0 Å². The van der Waals surface area contributed by atoms with Crippen LogP contribution in [0.3, 0.4) is 0 Å². The molecule has 0 atom stereocenters. The van der Waals surface area contributed by atoms with E-state index in [0.717, 1.165) is 16.8 Å². The molecule has 0 bridgehead atoms. The lowest BCUT2D eigenvalue weighted by atomic mass is 10.1. The fourth-order valence-corrected chi connectivity index (χ4v) is 2.04. The number of carbonyl (C=O) groups is 1. The van der Waals surface area contributed by atoms with E-state index in [1.807, 2.05) is 32.0 Å². The van der Waals surface area contributed by atoms with Crippen molar-refractivity contribution in [2.45, 2.75) is 20.5 Å². The Balaban J connectivity index is 1.88. The lowest BCUT2D eigenvalue weighted by Crippen LogP contribution is -2.22. The van der Waals surface area contributed by atoms with Crippen LogP contribution >= 0.6 is 0 Å². The van der Waals surface area contributed by atoms with Crippen molar-refractivity contribution >= 4 is 17.3 Å². The Bertz CT molecular complexity index is 673. The van der Waals surface area contributed by atoms with Gasteiger partial charge in [-0.1, -0.05) is 12.1 Å². The van der Waals surface area contributed by atoms with Gasteiger partial charge in [0, 0.05) is 11.4 Å². The van der Waals surface area contributed by atoms with E-state index in [2.05, 4.69) is 15.4 Å². The van der Waals surface area contributed by atoms with Crippen molar-refractivity contribution in [1.29, 1.82) is 0 Å². The number of benzene rings is 2. The van der Waals surface area contributed by atoms with Crippen LogP contribution in [-0.4, -0.2) is 19.1 Å². The molecule has 23 heavy (non-hydrogen) atoms. The van der Waals surface area contributed by atoms with E-state index in [0.29, 0.717) is 5.69 Å². The van der Waals surface area contributed by atoms with Crippen molar-refractivity contribution in [2.24, 2.45) is 0 Å². The third kappa shape index (κ3) is 4.95. The van der Waals surface area contributed by atoms with Gasteiger partial charge in [-0.05, 0) is 55.3 Å². The number of aryl methyl sites for hydroxylation is 1. The van der Waals surface area contributed by atoms with Gasteiger partial charge in [-0.25, -0.2) is 0 Å². The van der Waals surface area contributed by atoms with Crippen molar-refractivity contribution in [1.82, 2.24) is 0 Å². The fraction of sp³-hybridized carbons (Fsp3) is 0.235. The Hall–Kier alpha value is -2.63. The van der Waals surface area contributed by atoms with E-state index in [1.54, 1.807) is 0 Å². The van der Waals surface area contributed by atoms with Gasteiger partial charge >= 0.3 is 6.61 Å². The maximum atomic E-state index is 12.1. The largest absolute Gasteiger partial charge is 0.435 e. The van der Waals surface area contributed by atoms with Crippen LogP contribution in [-0.2, 0) is 4.79 Å². The standard InChI is InChI=1S/C17H18F2N2O2/c1-11-4-3-5-15(12(11)2)20-10-16(22)21-13-6-8-14(9-7-13)23-17(18)19/h3-9,17,20H,10H2,1-2H3,(H,21,22). The van der Waals surface area contributed by atoms with Crippen molar-refractivity contribution in [3.63, 3.8) is 0 Å². The normalized spacial score (nSPS) is 10.5. The van der Waals surface area contributed by atoms with E-state index < -0.39 is 6.61 Å². The number of alkyl halides is 2. The van der Waals surface area contributed by atoms with Crippen LogP contribution in [0.1, 0.15) is 11.1 Å². The van der Waals surface area contributed by atoms with Crippen LogP contribution < -0.4 is 15.4 Å². The van der Waals surface area contributed by atoms with Gasteiger partial charge in [-0.3, -0.25) is 4.79 Å². The zero-order valence-electron chi connectivity index (χ0n) is 12.9. The summed E-state index contributed by atoms with van der Waals surface area (Å²) in [7, 11) is 0. The molecule has 0 unspecified atom stereocenters. The van der Waals surface area contributed by atoms with Crippen LogP contribution in [0.5, 0.6) is 5.75 Å². The molecule has 0 aliphatic heterocycles. The van der Waals surface area contributed by atoms with E-state index in [1.165, 1.54) is 24.3 Å². The number of amides is 1. The molecule has 0 aliphatic rings. The molecule has 0 radical (unpaired) electrons. The number of ether oxygens (including phenoxy) is 1. The van der Waals surface area contributed by atoms with Crippen LogP contribution in [0.4, 0.5) is 20.2 Å². The number of hydrogen-bond acceptors (Lipinski definition) is 3. The molecule has 2 N–H and O–H groups in total. The predicted molar refractivity (Wildman–Crippen MR) is 86.1 cm³/mol. The zero-order chi connectivity index (χ0) is 16.8. The van der Waals surface area contributed by atoms with Crippen LogP contribution in [0, 0.1) is 13.8 Å². The third-order valence-corrected chi connectivity index (χ3v) is 3.41. The summed E-state index contributed by atoms with van der Waals surface area (Å²) in [5.41, 5.74) is 3.65. The molecule has 6 heteroatoms. The zero-order valence-corrected chi connectivity index (χ0v) is 12.9. The minimum atomic E-state index is -2.86. The Labute approximate surface area is 133 Å². The minimum Gasteiger partial charge on any atom is -0.435 e. The van der Waals surface area contributed by atoms with Gasteiger partial charge in [-0.15, -0.1) is 0 Å². The SMILES string of the molecule is Cc1cccc(NCC(=O)Nc2ccc(OC(F)F)cc2)c1C. The highest BCUT2D eigenvalue weighted by molar-refractivity contribution is 5.93. The van der Waals surface area contributed by atoms with Crippen molar-refractivity contribution in [2.75, 3.05) is 17.2 Å². The molecule has 0 saturated heterocycles. The molecule has 0 aliphatic carbocycles. The van der Waals surface area contributed by atoms with Gasteiger partial charge in [0.15, 0.2) is 0 Å². The summed E-state index contributed by atoms with van der Waals surface area (Å²) in [5, 5.41) is 5.76. The highest BCUT2D eigenvalue weighted by atomic mass is 19.3. The Morgan fingerprint density at radius 2 is 1.83 bits per heavy atom. The summed E-state index contributed by atoms with van der Waals surface area (Å²) in [6, 6.07) is 11.6. The molecular formula is C17H18F2N2O2. The quantitative estimate of drug-likeness (QED) is 0.847. The molecule has 122 valence electrons. The first-order valence-corrected chi connectivity index (χ1v) is 7.10. The number of hydrogen-bond donors (Lipinski definition) is 2. The first-order chi connectivity index (χ1) is 11.0. The van der Waals surface area contributed by atoms with E-state index >= 15 is 0 Å². The minimum absolute atomic E-state index is 0.0477. The number of carbonyl (C=O) groups excluding carboxylic acids is 1. The number of halogens is 2. The molecule has 0 fully saturated rings. The molecule has 2 rings (SSSR count). The first-order valence-electron chi connectivity index (χ1n) is 7.10. The molecule has 0 heterocycles. The maximum Gasteiger partial charge on any atom is 0.387 e. The molecule has 2 aromatic carbocycles.